The first-order valence-corrected chi connectivity index (χ1v) is 12.5. The van der Waals surface area contributed by atoms with Gasteiger partial charge in [0, 0.05) is 54.8 Å². The molecule has 1 fully saturated rings. The summed E-state index contributed by atoms with van der Waals surface area (Å²) in [6, 6.07) is 3.62. The lowest BCUT2D eigenvalue weighted by atomic mass is 9.89. The highest BCUT2D eigenvalue weighted by Crippen LogP contribution is 2.40. The number of halogens is 2. The number of furan rings is 1. The minimum atomic E-state index is -2.62. The van der Waals surface area contributed by atoms with Crippen molar-refractivity contribution in [1.29, 1.82) is 0 Å². The van der Waals surface area contributed by atoms with Gasteiger partial charge in [-0.1, -0.05) is 6.92 Å². The molecule has 1 N–H and O–H groups in total. The molecule has 0 spiro atoms. The van der Waals surface area contributed by atoms with Crippen molar-refractivity contribution in [3.05, 3.63) is 41.4 Å². The third-order valence-corrected chi connectivity index (χ3v) is 7.18. The molecule has 1 saturated carbocycles. The number of amides is 2. The van der Waals surface area contributed by atoms with Gasteiger partial charge in [-0.2, -0.15) is 0 Å². The molecule has 2 aromatic rings. The van der Waals surface area contributed by atoms with E-state index in [0.717, 1.165) is 11.3 Å². The zero-order chi connectivity index (χ0) is 26.0. The number of hydrogen-bond donors (Lipinski definition) is 1. The highest BCUT2D eigenvalue weighted by Gasteiger charge is 2.37. The lowest BCUT2D eigenvalue weighted by Gasteiger charge is -2.39. The van der Waals surface area contributed by atoms with Crippen LogP contribution < -0.4 is 10.2 Å². The zero-order valence-electron chi connectivity index (χ0n) is 21.2. The molecule has 1 atom stereocenters. The van der Waals surface area contributed by atoms with E-state index in [1.165, 1.54) is 13.4 Å². The van der Waals surface area contributed by atoms with Crippen LogP contribution in [-0.2, 0) is 16.0 Å². The number of rotatable bonds is 8. The van der Waals surface area contributed by atoms with Crippen LogP contribution in [0.25, 0.3) is 11.0 Å². The predicted molar refractivity (Wildman–Crippen MR) is 135 cm³/mol. The van der Waals surface area contributed by atoms with E-state index in [1.54, 1.807) is 19.1 Å². The van der Waals surface area contributed by atoms with E-state index >= 15 is 0 Å². The summed E-state index contributed by atoms with van der Waals surface area (Å²) >= 11 is 0. The number of alkyl halides is 2. The number of carbonyl (C=O) groups is 2. The van der Waals surface area contributed by atoms with E-state index in [9.17, 15) is 18.4 Å². The van der Waals surface area contributed by atoms with Crippen molar-refractivity contribution in [1.82, 2.24) is 5.32 Å². The van der Waals surface area contributed by atoms with Crippen molar-refractivity contribution >= 4 is 34.2 Å². The summed E-state index contributed by atoms with van der Waals surface area (Å²) in [5.74, 6) is -3.56. The smallest absolute Gasteiger partial charge is 0.258 e. The van der Waals surface area contributed by atoms with Crippen molar-refractivity contribution in [3.8, 4) is 0 Å². The Morgan fingerprint density at radius 1 is 1.31 bits per heavy atom. The molecule has 9 heteroatoms. The van der Waals surface area contributed by atoms with Crippen molar-refractivity contribution in [3.63, 3.8) is 0 Å². The molecule has 0 saturated heterocycles. The van der Waals surface area contributed by atoms with Crippen LogP contribution in [0, 0.1) is 5.92 Å². The second kappa shape index (κ2) is 10.4. The maximum Gasteiger partial charge on any atom is 0.258 e. The Morgan fingerprint density at radius 3 is 2.67 bits per heavy atom. The fourth-order valence-corrected chi connectivity index (χ4v) is 5.36. The number of aliphatic imine (C=N–C) groups is 1. The van der Waals surface area contributed by atoms with Gasteiger partial charge in [-0.3, -0.25) is 9.59 Å². The van der Waals surface area contributed by atoms with Crippen LogP contribution >= 0.6 is 0 Å². The molecule has 1 aliphatic heterocycles. The van der Waals surface area contributed by atoms with E-state index in [0.29, 0.717) is 53.8 Å². The van der Waals surface area contributed by atoms with E-state index in [4.69, 9.17) is 9.15 Å². The molecular formula is C27H33F2N3O4. The number of anilines is 1. The molecule has 2 heterocycles. The third-order valence-electron chi connectivity index (χ3n) is 7.18. The van der Waals surface area contributed by atoms with Gasteiger partial charge in [-0.25, -0.2) is 13.8 Å². The summed E-state index contributed by atoms with van der Waals surface area (Å²) < 4.78 is 38.7. The number of ether oxygens (including phenoxy) is 1. The number of methoxy groups -OCH3 is 1. The van der Waals surface area contributed by atoms with Crippen LogP contribution in [0.3, 0.4) is 0 Å². The Labute approximate surface area is 209 Å². The maximum atomic E-state index is 13.8. The normalized spacial score (nSPS) is 20.2. The summed E-state index contributed by atoms with van der Waals surface area (Å²) in [5.41, 5.74) is 3.24. The summed E-state index contributed by atoms with van der Waals surface area (Å²) in [7, 11) is 1.49. The predicted octanol–water partition coefficient (Wildman–Crippen LogP) is 5.28. The van der Waals surface area contributed by atoms with Crippen molar-refractivity contribution in [2.45, 2.75) is 64.8 Å². The van der Waals surface area contributed by atoms with Crippen LogP contribution in [0.5, 0.6) is 0 Å². The largest absolute Gasteiger partial charge is 0.500 e. The standard InChI is InChI=1S/C27H33F2N3O4/c1-5-18-21(32(6-2)17-7-10-27(28,29)11-8-17)14-23-19(9-12-36-23)24(18)26(34)30-15-20-22(35-4)13-16(3)31-25(20)33/h9,12-14,17,20H,5-8,10-11,15H2,1-4H3,(H,30,34). The fourth-order valence-electron chi connectivity index (χ4n) is 5.36. The maximum absolute atomic E-state index is 13.8. The van der Waals surface area contributed by atoms with Gasteiger partial charge >= 0.3 is 0 Å². The van der Waals surface area contributed by atoms with Gasteiger partial charge in [0.2, 0.25) is 5.92 Å². The number of dihydropyridines is 1. The molecule has 2 amide bonds. The second-order valence-electron chi connectivity index (χ2n) is 9.41. The number of hydrogen-bond acceptors (Lipinski definition) is 5. The summed E-state index contributed by atoms with van der Waals surface area (Å²) in [5, 5.41) is 3.57. The average molecular weight is 502 g/mol. The molecule has 1 unspecified atom stereocenters. The minimum Gasteiger partial charge on any atom is -0.500 e. The van der Waals surface area contributed by atoms with Crippen molar-refractivity contribution in [2.24, 2.45) is 10.9 Å². The van der Waals surface area contributed by atoms with Gasteiger partial charge in [0.1, 0.15) is 17.3 Å². The van der Waals surface area contributed by atoms with Crippen molar-refractivity contribution in [2.75, 3.05) is 25.1 Å². The zero-order valence-corrected chi connectivity index (χ0v) is 21.2. The SMILES string of the molecule is CCc1c(N(CC)C2CCC(F)(F)CC2)cc2occc2c1C(=O)NCC1C(=O)N=C(C)C=C1OC. The molecule has 0 radical (unpaired) electrons. The average Bonchev–Trinajstić information content (AvgIpc) is 3.31. The Bertz CT molecular complexity index is 1210. The van der Waals surface area contributed by atoms with E-state index in [-0.39, 0.29) is 37.2 Å². The number of carbonyl (C=O) groups excluding carboxylic acids is 2. The van der Waals surface area contributed by atoms with Crippen LogP contribution in [0.4, 0.5) is 14.5 Å². The van der Waals surface area contributed by atoms with Crippen molar-refractivity contribution < 1.29 is 27.5 Å². The van der Waals surface area contributed by atoms with Crippen LogP contribution in [-0.4, -0.2) is 49.7 Å². The van der Waals surface area contributed by atoms with Gasteiger partial charge in [-0.05, 0) is 50.8 Å². The summed E-state index contributed by atoms with van der Waals surface area (Å²) in [6.07, 6.45) is 4.29. The van der Waals surface area contributed by atoms with Gasteiger partial charge in [0.25, 0.3) is 11.8 Å². The molecule has 4 rings (SSSR count). The Hall–Kier alpha value is -3.23. The molecule has 36 heavy (non-hydrogen) atoms. The highest BCUT2D eigenvalue weighted by molar-refractivity contribution is 6.10. The van der Waals surface area contributed by atoms with Crippen LogP contribution in [0.2, 0.25) is 0 Å². The molecule has 0 bridgehead atoms. The Morgan fingerprint density at radius 2 is 2.03 bits per heavy atom. The monoisotopic (exact) mass is 501 g/mol. The van der Waals surface area contributed by atoms with Gasteiger partial charge in [-0.15, -0.1) is 0 Å². The molecule has 1 aromatic heterocycles. The van der Waals surface area contributed by atoms with Gasteiger partial charge in [0.15, 0.2) is 0 Å². The van der Waals surface area contributed by atoms with Gasteiger partial charge < -0.3 is 19.4 Å². The number of nitrogens with zero attached hydrogens (tertiary/aromatic N) is 2. The molecule has 2 aliphatic rings. The first-order valence-electron chi connectivity index (χ1n) is 12.5. The van der Waals surface area contributed by atoms with E-state index in [2.05, 4.69) is 15.2 Å². The van der Waals surface area contributed by atoms with E-state index < -0.39 is 11.8 Å². The number of benzene rings is 1. The Kier molecular flexibility index (Phi) is 7.47. The number of fused-ring (bicyclic) bond motifs is 1. The molecule has 194 valence electrons. The summed E-state index contributed by atoms with van der Waals surface area (Å²) in [6.45, 7) is 6.34. The molecular weight excluding hydrogens is 468 g/mol. The number of nitrogens with one attached hydrogen (secondary N) is 1. The topological polar surface area (TPSA) is 84.1 Å². The molecule has 1 aromatic carbocycles. The minimum absolute atomic E-state index is 0.0377. The number of allylic oxidation sites excluding steroid dienone is 1. The Balaban J connectivity index is 1.66. The van der Waals surface area contributed by atoms with Gasteiger partial charge in [0.05, 0.1) is 18.9 Å². The summed E-state index contributed by atoms with van der Waals surface area (Å²) in [4.78, 5) is 32.2. The highest BCUT2D eigenvalue weighted by atomic mass is 19.3. The molecule has 7 nitrogen and oxygen atoms in total. The fraction of sp³-hybridized carbons (Fsp3) is 0.519. The lowest BCUT2D eigenvalue weighted by Crippen LogP contribution is -2.41. The first kappa shape index (κ1) is 25.9. The molecule has 1 aliphatic carbocycles. The van der Waals surface area contributed by atoms with Crippen LogP contribution in [0.1, 0.15) is 62.4 Å². The first-order chi connectivity index (χ1) is 17.2. The third kappa shape index (κ3) is 5.01. The lowest BCUT2D eigenvalue weighted by molar-refractivity contribution is -0.121. The van der Waals surface area contributed by atoms with Crippen LogP contribution in [0.15, 0.2) is 39.6 Å². The second-order valence-corrected chi connectivity index (χ2v) is 9.41. The quantitative estimate of drug-likeness (QED) is 0.532. The van der Waals surface area contributed by atoms with E-state index in [1.807, 2.05) is 19.9 Å².